The van der Waals surface area contributed by atoms with Crippen molar-refractivity contribution < 1.29 is 14.6 Å². The predicted octanol–water partition coefficient (Wildman–Crippen LogP) is 3.57. The van der Waals surface area contributed by atoms with Gasteiger partial charge in [0.25, 0.3) is 5.91 Å². The number of carbonyl (C=O) groups excluding carboxylic acids is 1. The molecule has 1 aromatic heterocycles. The van der Waals surface area contributed by atoms with Crippen LogP contribution < -0.4 is 0 Å². The Hall–Kier alpha value is -2.38. The van der Waals surface area contributed by atoms with Crippen molar-refractivity contribution >= 4 is 28.4 Å². The van der Waals surface area contributed by atoms with Gasteiger partial charge in [-0.15, -0.1) is 0 Å². The van der Waals surface area contributed by atoms with Gasteiger partial charge in [0.1, 0.15) is 17.9 Å². The molecule has 32 heavy (non-hydrogen) atoms. The summed E-state index contributed by atoms with van der Waals surface area (Å²) in [5, 5.41) is 12.0. The van der Waals surface area contributed by atoms with Crippen LogP contribution in [0.2, 0.25) is 5.02 Å². The molecule has 3 fully saturated rings. The third-order valence-corrected chi connectivity index (χ3v) is 7.38. The van der Waals surface area contributed by atoms with Crippen molar-refractivity contribution in [1.29, 1.82) is 0 Å². The van der Waals surface area contributed by atoms with Crippen LogP contribution in [0.15, 0.2) is 48.7 Å². The minimum Gasteiger partial charge on any atom is -0.380 e. The topological polar surface area (TPSA) is 61.2 Å². The summed E-state index contributed by atoms with van der Waals surface area (Å²) < 4.78 is 8.10. The lowest BCUT2D eigenvalue weighted by Gasteiger charge is -2.35. The second-order valence-corrected chi connectivity index (χ2v) is 9.65. The van der Waals surface area contributed by atoms with Crippen molar-refractivity contribution in [2.45, 2.75) is 30.8 Å². The fraction of sp³-hybridized carbons (Fsp3) is 0.400. The molecule has 6 nitrogen and oxygen atoms in total. The Labute approximate surface area is 191 Å². The fourth-order valence-electron chi connectivity index (χ4n) is 4.82. The van der Waals surface area contributed by atoms with Gasteiger partial charge in [-0.2, -0.15) is 0 Å². The SMILES string of the molecule is Cn1ccc2cc(-c3ccc(C4OC4N4CCN(C(=O)C5(O)CC5)CC4)cc3Cl)ccc21. The third-order valence-electron chi connectivity index (χ3n) is 7.07. The number of aliphatic hydroxyl groups is 1. The van der Waals surface area contributed by atoms with E-state index >= 15 is 0 Å². The highest BCUT2D eigenvalue weighted by Crippen LogP contribution is 2.44. The second kappa shape index (κ2) is 7.32. The molecule has 0 bridgehead atoms. The van der Waals surface area contributed by atoms with Crippen molar-refractivity contribution in [2.75, 3.05) is 26.2 Å². The quantitative estimate of drug-likeness (QED) is 0.616. The fourth-order valence-corrected chi connectivity index (χ4v) is 5.12. The van der Waals surface area contributed by atoms with Gasteiger partial charge >= 0.3 is 0 Å². The number of piperazine rings is 1. The normalized spacial score (nSPS) is 24.7. The number of hydrogen-bond donors (Lipinski definition) is 1. The van der Waals surface area contributed by atoms with E-state index in [9.17, 15) is 9.90 Å². The first-order valence-corrected chi connectivity index (χ1v) is 11.6. The average molecular weight is 452 g/mol. The van der Waals surface area contributed by atoms with Gasteiger partial charge in [0, 0.05) is 60.9 Å². The lowest BCUT2D eigenvalue weighted by molar-refractivity contribution is -0.144. The number of carbonyl (C=O) groups is 1. The Kier molecular flexibility index (Phi) is 4.63. The predicted molar refractivity (Wildman–Crippen MR) is 123 cm³/mol. The van der Waals surface area contributed by atoms with Crippen molar-refractivity contribution in [3.05, 3.63) is 59.2 Å². The Morgan fingerprint density at radius 3 is 2.59 bits per heavy atom. The van der Waals surface area contributed by atoms with Gasteiger partial charge in [-0.05, 0) is 48.2 Å². The molecular formula is C25H26ClN3O3. The summed E-state index contributed by atoms with van der Waals surface area (Å²) in [6.07, 6.45) is 3.28. The first-order chi connectivity index (χ1) is 15.4. The van der Waals surface area contributed by atoms with Gasteiger partial charge in [-0.3, -0.25) is 9.69 Å². The average Bonchev–Trinajstić information content (AvgIpc) is 3.72. The molecule has 2 aliphatic heterocycles. The maximum Gasteiger partial charge on any atom is 0.254 e. The Balaban J connectivity index is 1.12. The number of fused-ring (bicyclic) bond motifs is 1. The van der Waals surface area contributed by atoms with E-state index in [2.05, 4.69) is 52.1 Å². The molecule has 3 aliphatic rings. The van der Waals surface area contributed by atoms with E-state index in [1.807, 2.05) is 13.1 Å². The standard InChI is InChI=1S/C25H26ClN3O3/c1-27-9-6-17-14-16(3-5-21(17)27)19-4-2-18(15-20(19)26)22-23(32-22)28-10-12-29(13-11-28)24(30)25(31)7-8-25/h2-6,9,14-15,22-23,31H,7-8,10-13H2,1H3. The van der Waals surface area contributed by atoms with E-state index in [1.165, 1.54) is 10.9 Å². The van der Waals surface area contributed by atoms with E-state index in [0.29, 0.717) is 25.9 Å². The Morgan fingerprint density at radius 1 is 1.09 bits per heavy atom. The largest absolute Gasteiger partial charge is 0.380 e. The number of hydrogen-bond acceptors (Lipinski definition) is 4. The summed E-state index contributed by atoms with van der Waals surface area (Å²) in [6.45, 7) is 2.78. The molecule has 166 valence electrons. The molecule has 1 N–H and O–H groups in total. The zero-order chi connectivity index (χ0) is 22.0. The lowest BCUT2D eigenvalue weighted by atomic mass is 10.0. The second-order valence-electron chi connectivity index (χ2n) is 9.25. The van der Waals surface area contributed by atoms with E-state index in [4.69, 9.17) is 16.3 Å². The van der Waals surface area contributed by atoms with Gasteiger partial charge < -0.3 is 19.3 Å². The molecule has 1 amide bonds. The van der Waals surface area contributed by atoms with Gasteiger partial charge in [-0.1, -0.05) is 29.8 Å². The van der Waals surface area contributed by atoms with Crippen molar-refractivity contribution in [1.82, 2.24) is 14.4 Å². The van der Waals surface area contributed by atoms with E-state index < -0.39 is 5.60 Å². The minimum atomic E-state index is -1.08. The maximum absolute atomic E-state index is 12.3. The molecule has 7 heteroatoms. The zero-order valence-electron chi connectivity index (χ0n) is 18.0. The molecule has 2 unspecified atom stereocenters. The number of rotatable bonds is 4. The van der Waals surface area contributed by atoms with Gasteiger partial charge in [0.15, 0.2) is 0 Å². The lowest BCUT2D eigenvalue weighted by Crippen LogP contribution is -2.52. The molecule has 1 saturated carbocycles. The summed E-state index contributed by atoms with van der Waals surface area (Å²) in [4.78, 5) is 16.4. The van der Waals surface area contributed by atoms with Crippen molar-refractivity contribution in [3.63, 3.8) is 0 Å². The smallest absolute Gasteiger partial charge is 0.254 e. The molecule has 2 atom stereocenters. The first-order valence-electron chi connectivity index (χ1n) is 11.2. The molecule has 0 radical (unpaired) electrons. The monoisotopic (exact) mass is 451 g/mol. The van der Waals surface area contributed by atoms with Crippen molar-refractivity contribution in [2.24, 2.45) is 7.05 Å². The van der Waals surface area contributed by atoms with Crippen LogP contribution in [0.3, 0.4) is 0 Å². The van der Waals surface area contributed by atoms with E-state index in [-0.39, 0.29) is 18.2 Å². The number of epoxide rings is 1. The number of amides is 1. The number of ether oxygens (including phenoxy) is 1. The molecule has 6 rings (SSSR count). The zero-order valence-corrected chi connectivity index (χ0v) is 18.8. The highest BCUT2D eigenvalue weighted by Gasteiger charge is 2.51. The van der Waals surface area contributed by atoms with Crippen LogP contribution in [0.25, 0.3) is 22.0 Å². The highest BCUT2D eigenvalue weighted by atomic mass is 35.5. The summed E-state index contributed by atoms with van der Waals surface area (Å²) >= 11 is 6.69. The van der Waals surface area contributed by atoms with Crippen LogP contribution in [0.4, 0.5) is 0 Å². The highest BCUT2D eigenvalue weighted by molar-refractivity contribution is 6.33. The molecule has 3 aromatic rings. The van der Waals surface area contributed by atoms with Gasteiger partial charge in [-0.25, -0.2) is 0 Å². The van der Waals surface area contributed by atoms with Gasteiger partial charge in [0.2, 0.25) is 0 Å². The van der Waals surface area contributed by atoms with Crippen LogP contribution in [-0.2, 0) is 16.6 Å². The Morgan fingerprint density at radius 2 is 1.88 bits per heavy atom. The van der Waals surface area contributed by atoms with Crippen molar-refractivity contribution in [3.8, 4) is 11.1 Å². The summed E-state index contributed by atoms with van der Waals surface area (Å²) in [5.41, 5.74) is 3.32. The molecule has 2 aromatic carbocycles. The third kappa shape index (κ3) is 3.42. The number of aromatic nitrogens is 1. The van der Waals surface area contributed by atoms with Crippen LogP contribution in [0.1, 0.15) is 24.5 Å². The molecule has 1 aliphatic carbocycles. The van der Waals surface area contributed by atoms with Crippen LogP contribution in [0.5, 0.6) is 0 Å². The number of aryl methyl sites for hydroxylation is 1. The van der Waals surface area contributed by atoms with Gasteiger partial charge in [0.05, 0.1) is 0 Å². The van der Waals surface area contributed by atoms with Crippen LogP contribution in [0, 0.1) is 0 Å². The number of benzene rings is 2. The van der Waals surface area contributed by atoms with Crippen LogP contribution >= 0.6 is 11.6 Å². The van der Waals surface area contributed by atoms with E-state index in [1.54, 1.807) is 4.90 Å². The summed E-state index contributed by atoms with van der Waals surface area (Å²) in [6, 6.07) is 14.7. The van der Waals surface area contributed by atoms with E-state index in [0.717, 1.165) is 34.8 Å². The number of halogens is 1. The summed E-state index contributed by atoms with van der Waals surface area (Å²) in [5.74, 6) is -0.110. The molecule has 3 heterocycles. The first kappa shape index (κ1) is 20.2. The molecule has 0 spiro atoms. The minimum absolute atomic E-state index is 0.00743. The molecular weight excluding hydrogens is 426 g/mol. The maximum atomic E-state index is 12.3. The molecule has 2 saturated heterocycles. The summed E-state index contributed by atoms with van der Waals surface area (Å²) in [7, 11) is 2.05. The van der Waals surface area contributed by atoms with Crippen LogP contribution in [-0.4, -0.2) is 63.4 Å². The number of nitrogens with zero attached hydrogens (tertiary/aromatic N) is 3. The Bertz CT molecular complexity index is 1210.